The summed E-state index contributed by atoms with van der Waals surface area (Å²) in [5, 5.41) is 11.2. The zero-order valence-corrected chi connectivity index (χ0v) is 14.9. The quantitative estimate of drug-likeness (QED) is 0.706. The van der Waals surface area contributed by atoms with Crippen LogP contribution in [0.25, 0.3) is 0 Å². The van der Waals surface area contributed by atoms with Crippen LogP contribution in [0, 0.1) is 0 Å². The molecule has 0 radical (unpaired) electrons. The molecule has 6 nitrogen and oxygen atoms in total. The van der Waals surface area contributed by atoms with Gasteiger partial charge in [0.1, 0.15) is 0 Å². The van der Waals surface area contributed by atoms with Crippen molar-refractivity contribution in [2.45, 2.75) is 19.5 Å². The molecule has 0 unspecified atom stereocenters. The Bertz CT molecular complexity index is 852. The number of halogens is 3. The summed E-state index contributed by atoms with van der Waals surface area (Å²) in [5.74, 6) is -1.52. The van der Waals surface area contributed by atoms with Crippen molar-refractivity contribution in [3.8, 4) is 11.5 Å². The van der Waals surface area contributed by atoms with Crippen molar-refractivity contribution >= 4 is 17.6 Å². The fourth-order valence-corrected chi connectivity index (χ4v) is 2.38. The molecule has 2 aromatic carbocycles. The minimum atomic E-state index is -4.41. The third-order valence-electron chi connectivity index (χ3n) is 3.51. The smallest absolute Gasteiger partial charge is 0.393 e. The highest BCUT2D eigenvalue weighted by molar-refractivity contribution is 6.05. The second-order valence-electron chi connectivity index (χ2n) is 5.68. The normalized spacial score (nSPS) is 11.0. The molecule has 0 saturated heterocycles. The fourth-order valence-electron chi connectivity index (χ4n) is 2.38. The Labute approximate surface area is 158 Å². The average Bonchev–Trinajstić information content (AvgIpc) is 2.61. The van der Waals surface area contributed by atoms with Crippen LogP contribution in [0.2, 0.25) is 0 Å². The first kappa shape index (κ1) is 21.1. The van der Waals surface area contributed by atoms with Crippen LogP contribution >= 0.6 is 0 Å². The van der Waals surface area contributed by atoms with Crippen molar-refractivity contribution in [1.82, 2.24) is 0 Å². The second-order valence-corrected chi connectivity index (χ2v) is 5.68. The van der Waals surface area contributed by atoms with Gasteiger partial charge in [-0.05, 0) is 36.8 Å². The molecule has 0 saturated carbocycles. The van der Waals surface area contributed by atoms with Crippen molar-refractivity contribution < 1.29 is 37.3 Å². The first-order valence-electron chi connectivity index (χ1n) is 8.27. The zero-order chi connectivity index (χ0) is 20.7. The van der Waals surface area contributed by atoms with Crippen LogP contribution < -0.4 is 14.8 Å². The summed E-state index contributed by atoms with van der Waals surface area (Å²) in [6.07, 6.45) is -5.58. The van der Waals surface area contributed by atoms with Gasteiger partial charge in [-0.15, -0.1) is 0 Å². The van der Waals surface area contributed by atoms with Crippen molar-refractivity contribution in [3.63, 3.8) is 0 Å². The maximum atomic E-state index is 12.7. The number of hydrogen-bond donors (Lipinski definition) is 2. The highest BCUT2D eigenvalue weighted by atomic mass is 19.4. The Morgan fingerprint density at radius 1 is 1.07 bits per heavy atom. The number of benzene rings is 2. The van der Waals surface area contributed by atoms with Crippen molar-refractivity contribution in [2.24, 2.45) is 0 Å². The minimum absolute atomic E-state index is 0.0500. The van der Waals surface area contributed by atoms with Crippen LogP contribution in [-0.2, 0) is 11.2 Å². The number of hydrogen-bond acceptors (Lipinski definition) is 4. The predicted molar refractivity (Wildman–Crippen MR) is 94.9 cm³/mol. The van der Waals surface area contributed by atoms with E-state index >= 15 is 0 Å². The number of anilines is 1. The van der Waals surface area contributed by atoms with Gasteiger partial charge in [-0.3, -0.25) is 4.79 Å². The number of amides is 1. The van der Waals surface area contributed by atoms with Crippen molar-refractivity contribution in [1.29, 1.82) is 0 Å². The van der Waals surface area contributed by atoms with Gasteiger partial charge < -0.3 is 19.9 Å². The van der Waals surface area contributed by atoms with Crippen LogP contribution in [-0.4, -0.2) is 36.4 Å². The Morgan fingerprint density at radius 3 is 2.43 bits per heavy atom. The molecule has 0 aliphatic heterocycles. The van der Waals surface area contributed by atoms with E-state index in [1.54, 1.807) is 6.92 Å². The molecule has 0 atom stereocenters. The van der Waals surface area contributed by atoms with E-state index < -0.39 is 31.1 Å². The summed E-state index contributed by atoms with van der Waals surface area (Å²) in [6, 6.07) is 9.71. The monoisotopic (exact) mass is 397 g/mol. The summed E-state index contributed by atoms with van der Waals surface area (Å²) in [5.41, 5.74) is 0.108. The molecule has 0 aromatic heterocycles. The summed E-state index contributed by atoms with van der Waals surface area (Å²) in [4.78, 5) is 23.1. The highest BCUT2D eigenvalue weighted by Crippen LogP contribution is 2.30. The summed E-state index contributed by atoms with van der Waals surface area (Å²) in [7, 11) is 0. The Morgan fingerprint density at radius 2 is 1.79 bits per heavy atom. The zero-order valence-electron chi connectivity index (χ0n) is 14.9. The van der Waals surface area contributed by atoms with Gasteiger partial charge in [-0.25, -0.2) is 4.79 Å². The number of carbonyl (C=O) groups is 2. The van der Waals surface area contributed by atoms with Gasteiger partial charge in [0, 0.05) is 11.3 Å². The summed E-state index contributed by atoms with van der Waals surface area (Å²) < 4.78 is 48.6. The number of alkyl halides is 3. The molecule has 1 amide bonds. The molecule has 2 rings (SSSR count). The van der Waals surface area contributed by atoms with Gasteiger partial charge >= 0.3 is 12.1 Å². The fraction of sp³-hybridized carbons (Fsp3) is 0.263. The molecular formula is C19H18F3NO5. The number of carboxylic acid groups (broad SMARTS) is 1. The number of para-hydroxylation sites is 1. The van der Waals surface area contributed by atoms with Crippen molar-refractivity contribution in [2.75, 3.05) is 18.5 Å². The average molecular weight is 397 g/mol. The molecule has 2 N–H and O–H groups in total. The Balaban J connectivity index is 2.23. The first-order valence-corrected chi connectivity index (χ1v) is 8.27. The number of rotatable bonds is 8. The molecule has 2 aromatic rings. The van der Waals surface area contributed by atoms with E-state index in [4.69, 9.17) is 14.6 Å². The van der Waals surface area contributed by atoms with Gasteiger partial charge in [0.05, 0.1) is 13.0 Å². The molecular weight excluding hydrogens is 379 g/mol. The minimum Gasteiger partial charge on any atom is -0.490 e. The van der Waals surface area contributed by atoms with E-state index in [1.165, 1.54) is 42.5 Å². The van der Waals surface area contributed by atoms with Crippen LogP contribution in [0.3, 0.4) is 0 Å². The van der Waals surface area contributed by atoms with Gasteiger partial charge in [0.25, 0.3) is 5.91 Å². The first-order chi connectivity index (χ1) is 13.2. The van der Waals surface area contributed by atoms with Crippen LogP contribution in [0.15, 0.2) is 42.5 Å². The lowest BCUT2D eigenvalue weighted by atomic mass is 10.1. The van der Waals surface area contributed by atoms with Crippen molar-refractivity contribution in [3.05, 3.63) is 53.6 Å². The van der Waals surface area contributed by atoms with Gasteiger partial charge in [-0.2, -0.15) is 13.2 Å². The standard InChI is InChI=1S/C19H18F3NO5/c1-2-27-16-9-12(7-8-15(16)28-11-17(24)25)18(26)23-14-6-4-3-5-13(14)10-19(20,21)22/h3-9H,2,10-11H2,1H3,(H,23,26)(H,24,25). The maximum Gasteiger partial charge on any atom is 0.393 e. The molecule has 150 valence electrons. The lowest BCUT2D eigenvalue weighted by molar-refractivity contribution is -0.139. The summed E-state index contributed by atoms with van der Waals surface area (Å²) >= 11 is 0. The number of aliphatic carboxylic acids is 1. The van der Waals surface area contributed by atoms with E-state index in [2.05, 4.69) is 5.32 Å². The van der Waals surface area contributed by atoms with E-state index in [9.17, 15) is 22.8 Å². The van der Waals surface area contributed by atoms with Gasteiger partial charge in [0.15, 0.2) is 18.1 Å². The lowest BCUT2D eigenvalue weighted by Crippen LogP contribution is -2.17. The largest absolute Gasteiger partial charge is 0.490 e. The molecule has 0 aliphatic rings. The molecule has 0 fully saturated rings. The molecule has 0 aliphatic carbocycles. The van der Waals surface area contributed by atoms with E-state index in [0.717, 1.165) is 0 Å². The topological polar surface area (TPSA) is 84.9 Å². The SMILES string of the molecule is CCOc1cc(C(=O)Nc2ccccc2CC(F)(F)F)ccc1OCC(=O)O. The number of carbonyl (C=O) groups excluding carboxylic acids is 1. The van der Waals surface area contributed by atoms with Crippen LogP contribution in [0.5, 0.6) is 11.5 Å². The Hall–Kier alpha value is -3.23. The molecule has 0 bridgehead atoms. The van der Waals surface area contributed by atoms with Crippen LogP contribution in [0.4, 0.5) is 18.9 Å². The summed E-state index contributed by atoms with van der Waals surface area (Å²) in [6.45, 7) is 1.35. The maximum absolute atomic E-state index is 12.7. The van der Waals surface area contributed by atoms with E-state index in [1.807, 2.05) is 0 Å². The lowest BCUT2D eigenvalue weighted by Gasteiger charge is -2.14. The van der Waals surface area contributed by atoms with E-state index in [-0.39, 0.29) is 34.9 Å². The molecule has 9 heteroatoms. The van der Waals surface area contributed by atoms with Gasteiger partial charge in [-0.1, -0.05) is 18.2 Å². The Kier molecular flexibility index (Phi) is 6.86. The van der Waals surface area contributed by atoms with E-state index in [0.29, 0.717) is 0 Å². The number of carboxylic acids is 1. The highest BCUT2D eigenvalue weighted by Gasteiger charge is 2.29. The number of nitrogens with one attached hydrogen (secondary N) is 1. The molecule has 0 heterocycles. The van der Waals surface area contributed by atoms with Crippen LogP contribution in [0.1, 0.15) is 22.8 Å². The third-order valence-corrected chi connectivity index (χ3v) is 3.51. The molecule has 0 spiro atoms. The number of ether oxygens (including phenoxy) is 2. The second kappa shape index (κ2) is 9.12. The molecule has 28 heavy (non-hydrogen) atoms. The third kappa shape index (κ3) is 6.19. The van der Waals surface area contributed by atoms with Gasteiger partial charge in [0.2, 0.25) is 0 Å². The predicted octanol–water partition coefficient (Wildman–Crippen LogP) is 3.91.